The Morgan fingerprint density at radius 2 is 1.93 bits per heavy atom. The highest BCUT2D eigenvalue weighted by Gasteiger charge is 2.21. The zero-order valence-electron chi connectivity index (χ0n) is 15.6. The Morgan fingerprint density at radius 3 is 2.57 bits per heavy atom. The van der Waals surface area contributed by atoms with Crippen LogP contribution in [0.25, 0.3) is 0 Å². The number of benzene rings is 2. The van der Waals surface area contributed by atoms with E-state index in [4.69, 9.17) is 11.6 Å². The van der Waals surface area contributed by atoms with Crippen molar-refractivity contribution in [2.24, 2.45) is 7.05 Å². The number of carbonyl (C=O) groups is 2. The van der Waals surface area contributed by atoms with Gasteiger partial charge in [-0.3, -0.25) is 9.59 Å². The van der Waals surface area contributed by atoms with Gasteiger partial charge in [-0.15, -0.1) is 0 Å². The van der Waals surface area contributed by atoms with Gasteiger partial charge in [0.1, 0.15) is 11.9 Å². The van der Waals surface area contributed by atoms with Crippen molar-refractivity contribution in [3.63, 3.8) is 0 Å². The van der Waals surface area contributed by atoms with Crippen LogP contribution in [0.5, 0.6) is 0 Å². The van der Waals surface area contributed by atoms with Gasteiger partial charge in [0, 0.05) is 30.0 Å². The molecular formula is C21H21ClN4O2. The molecule has 3 aromatic rings. The maximum atomic E-state index is 12.5. The second-order valence-corrected chi connectivity index (χ2v) is 6.94. The molecule has 0 saturated heterocycles. The molecule has 28 heavy (non-hydrogen) atoms. The summed E-state index contributed by atoms with van der Waals surface area (Å²) in [6.07, 6.45) is 3.48. The summed E-state index contributed by atoms with van der Waals surface area (Å²) in [4.78, 5) is 29.1. The van der Waals surface area contributed by atoms with Gasteiger partial charge >= 0.3 is 0 Å². The topological polar surface area (TPSA) is 76.0 Å². The van der Waals surface area contributed by atoms with Crippen LogP contribution >= 0.6 is 11.6 Å². The van der Waals surface area contributed by atoms with Gasteiger partial charge in [-0.1, -0.05) is 41.4 Å². The Labute approximate surface area is 168 Å². The van der Waals surface area contributed by atoms with Gasteiger partial charge in [0.25, 0.3) is 5.91 Å². The summed E-state index contributed by atoms with van der Waals surface area (Å²) in [5, 5.41) is 6.20. The fourth-order valence-electron chi connectivity index (χ4n) is 2.87. The maximum absolute atomic E-state index is 12.5. The Hall–Kier alpha value is -3.12. The predicted octanol–water partition coefficient (Wildman–Crippen LogP) is 3.02. The van der Waals surface area contributed by atoms with Gasteiger partial charge in [0.15, 0.2) is 0 Å². The molecule has 144 valence electrons. The molecule has 0 saturated carbocycles. The van der Waals surface area contributed by atoms with Crippen LogP contribution in [0.15, 0.2) is 60.9 Å². The first-order chi connectivity index (χ1) is 13.4. The van der Waals surface area contributed by atoms with Crippen LogP contribution < -0.4 is 10.6 Å². The van der Waals surface area contributed by atoms with Crippen molar-refractivity contribution < 1.29 is 9.59 Å². The number of imidazole rings is 1. The zero-order chi connectivity index (χ0) is 20.1. The minimum absolute atomic E-state index is 0.138. The minimum Gasteiger partial charge on any atom is -0.343 e. The standard InChI is InChI=1S/C21H21ClN4O2/c1-14-4-3-5-16(12-14)21(28)24-13-18(27)25-19(20-23-10-11-26(20)2)15-6-8-17(22)9-7-15/h3-12,19H,13H2,1-2H3,(H,24,28)(H,25,27)/t19-/m0/s1. The van der Waals surface area contributed by atoms with Crippen molar-refractivity contribution in [2.75, 3.05) is 6.54 Å². The highest BCUT2D eigenvalue weighted by molar-refractivity contribution is 6.30. The van der Waals surface area contributed by atoms with E-state index in [-0.39, 0.29) is 18.4 Å². The van der Waals surface area contributed by atoms with Crippen molar-refractivity contribution in [2.45, 2.75) is 13.0 Å². The van der Waals surface area contributed by atoms with Gasteiger partial charge in [-0.2, -0.15) is 0 Å². The van der Waals surface area contributed by atoms with Gasteiger partial charge in [0.2, 0.25) is 5.91 Å². The number of hydrogen-bond acceptors (Lipinski definition) is 3. The largest absolute Gasteiger partial charge is 0.343 e. The van der Waals surface area contributed by atoms with E-state index in [1.807, 2.05) is 49.0 Å². The second-order valence-electron chi connectivity index (χ2n) is 6.50. The van der Waals surface area contributed by atoms with E-state index in [2.05, 4.69) is 15.6 Å². The Balaban J connectivity index is 1.70. The molecule has 0 bridgehead atoms. The van der Waals surface area contributed by atoms with Crippen LogP contribution in [0.1, 0.15) is 33.4 Å². The van der Waals surface area contributed by atoms with Crippen LogP contribution in [0.4, 0.5) is 0 Å². The Morgan fingerprint density at radius 1 is 1.18 bits per heavy atom. The molecule has 1 atom stereocenters. The number of halogens is 1. The predicted molar refractivity (Wildman–Crippen MR) is 108 cm³/mol. The summed E-state index contributed by atoms with van der Waals surface area (Å²) in [7, 11) is 1.86. The third-order valence-electron chi connectivity index (χ3n) is 4.32. The maximum Gasteiger partial charge on any atom is 0.251 e. The summed E-state index contributed by atoms with van der Waals surface area (Å²) in [6, 6.07) is 14.0. The number of rotatable bonds is 6. The zero-order valence-corrected chi connectivity index (χ0v) is 16.4. The van der Waals surface area contributed by atoms with Gasteiger partial charge in [-0.25, -0.2) is 4.98 Å². The number of aromatic nitrogens is 2. The molecule has 2 N–H and O–H groups in total. The first-order valence-corrected chi connectivity index (χ1v) is 9.19. The lowest BCUT2D eigenvalue weighted by Gasteiger charge is -2.19. The van der Waals surface area contributed by atoms with E-state index in [1.165, 1.54) is 0 Å². The molecule has 3 rings (SSSR count). The highest BCUT2D eigenvalue weighted by atomic mass is 35.5. The molecule has 1 aromatic heterocycles. The first kappa shape index (κ1) is 19.6. The lowest BCUT2D eigenvalue weighted by molar-refractivity contribution is -0.120. The van der Waals surface area contributed by atoms with E-state index >= 15 is 0 Å². The number of carbonyl (C=O) groups excluding carboxylic acids is 2. The quantitative estimate of drug-likeness (QED) is 0.672. The summed E-state index contributed by atoms with van der Waals surface area (Å²) < 4.78 is 1.84. The van der Waals surface area contributed by atoms with Crippen molar-refractivity contribution in [3.8, 4) is 0 Å². The summed E-state index contributed by atoms with van der Waals surface area (Å²) in [6.45, 7) is 1.77. The summed E-state index contributed by atoms with van der Waals surface area (Å²) in [5.41, 5.74) is 2.35. The third-order valence-corrected chi connectivity index (χ3v) is 4.57. The van der Waals surface area contributed by atoms with E-state index in [0.29, 0.717) is 16.4 Å². The molecule has 2 aromatic carbocycles. The number of nitrogens with zero attached hydrogens (tertiary/aromatic N) is 2. The normalized spacial score (nSPS) is 11.7. The summed E-state index contributed by atoms with van der Waals surface area (Å²) in [5.74, 6) is 0.0727. The first-order valence-electron chi connectivity index (χ1n) is 8.81. The average Bonchev–Trinajstić information content (AvgIpc) is 3.10. The van der Waals surface area contributed by atoms with Crippen LogP contribution in [-0.4, -0.2) is 27.9 Å². The fraction of sp³-hybridized carbons (Fsp3) is 0.190. The van der Waals surface area contributed by atoms with Gasteiger partial charge in [-0.05, 0) is 36.8 Å². The van der Waals surface area contributed by atoms with Crippen LogP contribution in [0, 0.1) is 6.92 Å². The minimum atomic E-state index is -0.458. The van der Waals surface area contributed by atoms with E-state index in [9.17, 15) is 9.59 Å². The van der Waals surface area contributed by atoms with Crippen molar-refractivity contribution in [1.29, 1.82) is 0 Å². The summed E-state index contributed by atoms with van der Waals surface area (Å²) >= 11 is 5.98. The molecule has 0 spiro atoms. The molecular weight excluding hydrogens is 376 g/mol. The average molecular weight is 397 g/mol. The number of amides is 2. The van der Waals surface area contributed by atoms with Crippen molar-refractivity contribution >= 4 is 23.4 Å². The monoisotopic (exact) mass is 396 g/mol. The van der Waals surface area contributed by atoms with Crippen molar-refractivity contribution in [3.05, 3.63) is 88.5 Å². The van der Waals surface area contributed by atoms with E-state index in [0.717, 1.165) is 11.1 Å². The molecule has 0 unspecified atom stereocenters. The molecule has 0 radical (unpaired) electrons. The van der Waals surface area contributed by atoms with E-state index in [1.54, 1.807) is 30.5 Å². The molecule has 0 aliphatic heterocycles. The number of hydrogen-bond donors (Lipinski definition) is 2. The molecule has 1 heterocycles. The second kappa shape index (κ2) is 8.71. The smallest absolute Gasteiger partial charge is 0.251 e. The van der Waals surface area contributed by atoms with Crippen LogP contribution in [0.3, 0.4) is 0 Å². The lowest BCUT2D eigenvalue weighted by atomic mass is 10.1. The molecule has 0 aliphatic carbocycles. The Bertz CT molecular complexity index is 982. The van der Waals surface area contributed by atoms with Gasteiger partial charge in [0.05, 0.1) is 6.54 Å². The Kier molecular flexibility index (Phi) is 6.11. The molecule has 7 heteroatoms. The molecule has 0 aliphatic rings. The molecule has 0 fully saturated rings. The highest BCUT2D eigenvalue weighted by Crippen LogP contribution is 2.22. The number of aryl methyl sites for hydroxylation is 2. The molecule has 2 amide bonds. The third kappa shape index (κ3) is 4.78. The number of nitrogens with one attached hydrogen (secondary N) is 2. The van der Waals surface area contributed by atoms with E-state index < -0.39 is 6.04 Å². The van der Waals surface area contributed by atoms with Crippen LogP contribution in [-0.2, 0) is 11.8 Å². The van der Waals surface area contributed by atoms with Crippen LogP contribution in [0.2, 0.25) is 5.02 Å². The lowest BCUT2D eigenvalue weighted by Crippen LogP contribution is -2.39. The SMILES string of the molecule is Cc1cccc(C(=O)NCC(=O)N[C@@H](c2ccc(Cl)cc2)c2nccn2C)c1. The molecule has 6 nitrogen and oxygen atoms in total. The van der Waals surface area contributed by atoms with Crippen molar-refractivity contribution in [1.82, 2.24) is 20.2 Å². The van der Waals surface area contributed by atoms with Gasteiger partial charge < -0.3 is 15.2 Å². The fourth-order valence-corrected chi connectivity index (χ4v) is 2.99.